The fraction of sp³-hybridized carbons (Fsp3) is 0.538. The van der Waals surface area contributed by atoms with E-state index < -0.39 is 6.17 Å². The summed E-state index contributed by atoms with van der Waals surface area (Å²) in [6.45, 7) is 2.10. The molecule has 88 valence electrons. The molecule has 1 aromatic carbocycles. The van der Waals surface area contributed by atoms with E-state index in [2.05, 4.69) is 17.0 Å². The number of hydrogen-bond acceptors (Lipinski definition) is 2. The van der Waals surface area contributed by atoms with E-state index in [0.29, 0.717) is 6.54 Å². The lowest BCUT2D eigenvalue weighted by atomic mass is 9.95. The fourth-order valence-electron chi connectivity index (χ4n) is 2.21. The van der Waals surface area contributed by atoms with Crippen LogP contribution in [-0.2, 0) is 6.54 Å². The normalized spacial score (nSPS) is 26.9. The van der Waals surface area contributed by atoms with Crippen molar-refractivity contribution in [2.24, 2.45) is 5.92 Å². The van der Waals surface area contributed by atoms with E-state index in [-0.39, 0.29) is 12.5 Å². The van der Waals surface area contributed by atoms with Gasteiger partial charge in [0.25, 0.3) is 0 Å². The molecule has 0 radical (unpaired) electrons. The summed E-state index contributed by atoms with van der Waals surface area (Å²) in [4.78, 5) is 2.12. The molecule has 2 rings (SSSR count). The largest absolute Gasteiger partial charge is 0.396 e. The third kappa shape index (κ3) is 2.80. The van der Waals surface area contributed by atoms with Gasteiger partial charge in [-0.3, -0.25) is 4.90 Å². The third-order valence-corrected chi connectivity index (χ3v) is 3.24. The van der Waals surface area contributed by atoms with E-state index in [1.165, 1.54) is 5.56 Å². The van der Waals surface area contributed by atoms with Crippen LogP contribution >= 0.6 is 0 Å². The van der Waals surface area contributed by atoms with Crippen LogP contribution in [0.3, 0.4) is 0 Å². The molecule has 1 fully saturated rings. The molecule has 1 N–H and O–H groups in total. The SMILES string of the molecule is OCC1CCN(Cc2ccccc2)CC1F. The van der Waals surface area contributed by atoms with E-state index in [0.717, 1.165) is 19.5 Å². The van der Waals surface area contributed by atoms with Crippen LogP contribution in [0.25, 0.3) is 0 Å². The van der Waals surface area contributed by atoms with Gasteiger partial charge in [0.1, 0.15) is 6.17 Å². The monoisotopic (exact) mass is 223 g/mol. The zero-order valence-electron chi connectivity index (χ0n) is 9.35. The molecule has 0 amide bonds. The Bertz CT molecular complexity index is 317. The Morgan fingerprint density at radius 3 is 2.69 bits per heavy atom. The summed E-state index contributed by atoms with van der Waals surface area (Å²) in [5, 5.41) is 8.98. The number of piperidine rings is 1. The molecule has 1 aromatic rings. The number of aliphatic hydroxyl groups excluding tert-OH is 1. The lowest BCUT2D eigenvalue weighted by Gasteiger charge is -2.33. The van der Waals surface area contributed by atoms with Gasteiger partial charge in [-0.1, -0.05) is 30.3 Å². The molecule has 2 nitrogen and oxygen atoms in total. The predicted molar refractivity (Wildman–Crippen MR) is 61.8 cm³/mol. The first-order valence-electron chi connectivity index (χ1n) is 5.81. The number of halogens is 1. The number of alkyl halides is 1. The number of nitrogens with zero attached hydrogens (tertiary/aromatic N) is 1. The smallest absolute Gasteiger partial charge is 0.118 e. The highest BCUT2D eigenvalue weighted by Gasteiger charge is 2.28. The van der Waals surface area contributed by atoms with E-state index in [1.807, 2.05) is 18.2 Å². The number of aliphatic hydroxyl groups is 1. The van der Waals surface area contributed by atoms with Crippen molar-refractivity contribution >= 4 is 0 Å². The Labute approximate surface area is 95.7 Å². The van der Waals surface area contributed by atoms with Crippen molar-refractivity contribution in [1.82, 2.24) is 4.90 Å². The zero-order valence-corrected chi connectivity index (χ0v) is 9.35. The van der Waals surface area contributed by atoms with Crippen LogP contribution in [0.2, 0.25) is 0 Å². The summed E-state index contributed by atoms with van der Waals surface area (Å²) in [5.74, 6) is -0.160. The van der Waals surface area contributed by atoms with E-state index in [4.69, 9.17) is 5.11 Å². The van der Waals surface area contributed by atoms with Gasteiger partial charge in [0.2, 0.25) is 0 Å². The first kappa shape index (κ1) is 11.6. The molecule has 0 aliphatic carbocycles. The average molecular weight is 223 g/mol. The van der Waals surface area contributed by atoms with Gasteiger partial charge in [0.05, 0.1) is 0 Å². The first-order valence-corrected chi connectivity index (χ1v) is 5.81. The second kappa shape index (κ2) is 5.41. The summed E-state index contributed by atoms with van der Waals surface area (Å²) >= 11 is 0. The highest BCUT2D eigenvalue weighted by Crippen LogP contribution is 2.21. The molecule has 16 heavy (non-hydrogen) atoms. The molecular formula is C13H18FNO. The summed E-state index contributed by atoms with van der Waals surface area (Å²) < 4.78 is 13.6. The van der Waals surface area contributed by atoms with Crippen LogP contribution in [-0.4, -0.2) is 35.9 Å². The molecule has 1 heterocycles. The third-order valence-electron chi connectivity index (χ3n) is 3.24. The highest BCUT2D eigenvalue weighted by molar-refractivity contribution is 5.14. The van der Waals surface area contributed by atoms with Gasteiger partial charge in [0, 0.05) is 25.6 Å². The van der Waals surface area contributed by atoms with E-state index >= 15 is 0 Å². The molecule has 1 aliphatic heterocycles. The maximum Gasteiger partial charge on any atom is 0.118 e. The Morgan fingerprint density at radius 1 is 1.31 bits per heavy atom. The van der Waals surface area contributed by atoms with Gasteiger partial charge in [-0.2, -0.15) is 0 Å². The average Bonchev–Trinajstić information content (AvgIpc) is 2.31. The van der Waals surface area contributed by atoms with Crippen LogP contribution in [0.4, 0.5) is 4.39 Å². The van der Waals surface area contributed by atoms with Crippen molar-refractivity contribution in [3.63, 3.8) is 0 Å². The number of likely N-dealkylation sites (tertiary alicyclic amines) is 1. The van der Waals surface area contributed by atoms with Gasteiger partial charge in [-0.05, 0) is 18.5 Å². The van der Waals surface area contributed by atoms with Crippen LogP contribution in [0, 0.1) is 5.92 Å². The summed E-state index contributed by atoms with van der Waals surface area (Å²) in [5.41, 5.74) is 1.22. The molecule has 0 bridgehead atoms. The predicted octanol–water partition coefficient (Wildman–Crippen LogP) is 1.84. The number of benzene rings is 1. The van der Waals surface area contributed by atoms with Gasteiger partial charge >= 0.3 is 0 Å². The van der Waals surface area contributed by atoms with Crippen molar-refractivity contribution in [2.45, 2.75) is 19.1 Å². The minimum Gasteiger partial charge on any atom is -0.396 e. The van der Waals surface area contributed by atoms with Crippen molar-refractivity contribution in [3.05, 3.63) is 35.9 Å². The molecule has 1 saturated heterocycles. The maximum absolute atomic E-state index is 13.6. The topological polar surface area (TPSA) is 23.5 Å². The molecule has 0 aromatic heterocycles. The van der Waals surface area contributed by atoms with Crippen LogP contribution < -0.4 is 0 Å². The zero-order chi connectivity index (χ0) is 11.4. The Kier molecular flexibility index (Phi) is 3.91. The Morgan fingerprint density at radius 2 is 2.06 bits per heavy atom. The first-order chi connectivity index (χ1) is 7.79. The van der Waals surface area contributed by atoms with Gasteiger partial charge in [-0.25, -0.2) is 4.39 Å². The fourth-order valence-corrected chi connectivity index (χ4v) is 2.21. The lowest BCUT2D eigenvalue weighted by Crippen LogP contribution is -2.42. The summed E-state index contributed by atoms with van der Waals surface area (Å²) in [6.07, 6.45) is -0.132. The quantitative estimate of drug-likeness (QED) is 0.845. The molecule has 0 saturated carbocycles. The maximum atomic E-state index is 13.6. The van der Waals surface area contributed by atoms with Crippen molar-refractivity contribution in [3.8, 4) is 0 Å². The summed E-state index contributed by atoms with van der Waals surface area (Å²) in [7, 11) is 0. The Balaban J connectivity index is 1.89. The van der Waals surface area contributed by atoms with Crippen molar-refractivity contribution < 1.29 is 9.50 Å². The second-order valence-electron chi connectivity index (χ2n) is 4.47. The van der Waals surface area contributed by atoms with Crippen LogP contribution in [0.5, 0.6) is 0 Å². The van der Waals surface area contributed by atoms with Gasteiger partial charge in [-0.15, -0.1) is 0 Å². The molecule has 2 atom stereocenters. The minimum absolute atomic E-state index is 0.0274. The van der Waals surface area contributed by atoms with Crippen molar-refractivity contribution in [1.29, 1.82) is 0 Å². The molecule has 0 spiro atoms. The highest BCUT2D eigenvalue weighted by atomic mass is 19.1. The van der Waals surface area contributed by atoms with Gasteiger partial charge in [0.15, 0.2) is 0 Å². The van der Waals surface area contributed by atoms with Crippen LogP contribution in [0.15, 0.2) is 30.3 Å². The number of rotatable bonds is 3. The van der Waals surface area contributed by atoms with E-state index in [9.17, 15) is 4.39 Å². The van der Waals surface area contributed by atoms with Crippen LogP contribution in [0.1, 0.15) is 12.0 Å². The van der Waals surface area contributed by atoms with Gasteiger partial charge < -0.3 is 5.11 Å². The molecule has 2 unspecified atom stereocenters. The molecule has 1 aliphatic rings. The molecular weight excluding hydrogens is 205 g/mol. The standard InChI is InChI=1S/C13H18FNO/c14-13-9-15(7-6-12(13)10-16)8-11-4-2-1-3-5-11/h1-5,12-13,16H,6-10H2. The Hall–Kier alpha value is -0.930. The molecule has 3 heteroatoms. The van der Waals surface area contributed by atoms with E-state index in [1.54, 1.807) is 0 Å². The van der Waals surface area contributed by atoms with Crippen molar-refractivity contribution in [2.75, 3.05) is 19.7 Å². The second-order valence-corrected chi connectivity index (χ2v) is 4.47. The minimum atomic E-state index is -0.887. The lowest BCUT2D eigenvalue weighted by molar-refractivity contribution is 0.0471. The number of hydrogen-bond donors (Lipinski definition) is 1. The summed E-state index contributed by atoms with van der Waals surface area (Å²) in [6, 6.07) is 10.1.